The van der Waals surface area contributed by atoms with E-state index in [2.05, 4.69) is 47.1 Å². The number of nitrogens with one attached hydrogen (secondary N) is 1. The topological polar surface area (TPSA) is 56.1 Å². The fourth-order valence-corrected chi connectivity index (χ4v) is 3.26. The number of aromatic nitrogens is 2. The lowest BCUT2D eigenvalue weighted by molar-refractivity contribution is 0.0517. The van der Waals surface area contributed by atoms with Crippen LogP contribution in [0.25, 0.3) is 16.9 Å². The Bertz CT molecular complexity index is 974. The molecule has 0 aliphatic carbocycles. The molecule has 0 fully saturated rings. The molecule has 152 valence electrons. The fourth-order valence-electron chi connectivity index (χ4n) is 3.00. The van der Waals surface area contributed by atoms with Gasteiger partial charge in [-0.05, 0) is 52.0 Å². The van der Waals surface area contributed by atoms with Crippen LogP contribution in [0.2, 0.25) is 0 Å². The Labute approximate surface area is 180 Å². The van der Waals surface area contributed by atoms with Crippen molar-refractivity contribution in [3.8, 4) is 16.9 Å². The van der Waals surface area contributed by atoms with Crippen LogP contribution in [-0.2, 0) is 11.3 Å². The van der Waals surface area contributed by atoms with Crippen molar-refractivity contribution in [1.82, 2.24) is 15.1 Å². The first-order valence-corrected chi connectivity index (χ1v) is 10.4. The van der Waals surface area contributed by atoms with Gasteiger partial charge in [0.15, 0.2) is 5.69 Å². The molecule has 0 unspecified atom stereocenters. The Hall–Kier alpha value is -2.44. The number of hydrogen-bond acceptors (Lipinski definition) is 4. The van der Waals surface area contributed by atoms with E-state index in [0.717, 1.165) is 27.0 Å². The molecule has 1 N–H and O–H groups in total. The SMILES string of the molecule is CCOC(=O)c1nn(-c2ccccc2)c(-c2ccc(Br)cc2)c1CNC(C)(C)C. The van der Waals surface area contributed by atoms with Gasteiger partial charge < -0.3 is 10.1 Å². The van der Waals surface area contributed by atoms with E-state index in [9.17, 15) is 4.79 Å². The lowest BCUT2D eigenvalue weighted by Crippen LogP contribution is -2.35. The second-order valence-electron chi connectivity index (χ2n) is 7.75. The van der Waals surface area contributed by atoms with Gasteiger partial charge in [-0.2, -0.15) is 5.10 Å². The standard InChI is InChI=1S/C23H26BrN3O2/c1-5-29-22(28)20-19(15-25-23(2,3)4)21(16-11-13-17(24)14-12-16)27(26-20)18-9-7-6-8-10-18/h6-14,25H,5,15H2,1-4H3. The Kier molecular flexibility index (Phi) is 6.55. The molecule has 0 bridgehead atoms. The molecule has 3 aromatic rings. The normalized spacial score (nSPS) is 11.5. The number of carbonyl (C=O) groups is 1. The second kappa shape index (κ2) is 8.93. The van der Waals surface area contributed by atoms with E-state index in [0.29, 0.717) is 18.8 Å². The van der Waals surface area contributed by atoms with Crippen LogP contribution in [0.1, 0.15) is 43.7 Å². The molecule has 0 aliphatic rings. The molecule has 2 aromatic carbocycles. The van der Waals surface area contributed by atoms with Crippen molar-refractivity contribution in [3.05, 3.63) is 70.3 Å². The van der Waals surface area contributed by atoms with Crippen LogP contribution in [0, 0.1) is 0 Å². The summed E-state index contributed by atoms with van der Waals surface area (Å²) in [5.41, 5.74) is 3.79. The molecule has 0 radical (unpaired) electrons. The van der Waals surface area contributed by atoms with Gasteiger partial charge in [-0.1, -0.05) is 46.3 Å². The number of nitrogens with zero attached hydrogens (tertiary/aromatic N) is 2. The maximum absolute atomic E-state index is 12.7. The van der Waals surface area contributed by atoms with E-state index in [4.69, 9.17) is 4.74 Å². The summed E-state index contributed by atoms with van der Waals surface area (Å²) in [6.07, 6.45) is 0. The summed E-state index contributed by atoms with van der Waals surface area (Å²) in [7, 11) is 0. The smallest absolute Gasteiger partial charge is 0.359 e. The minimum absolute atomic E-state index is 0.113. The predicted molar refractivity (Wildman–Crippen MR) is 119 cm³/mol. The molecule has 0 atom stereocenters. The Balaban J connectivity index is 2.24. The van der Waals surface area contributed by atoms with Crippen molar-refractivity contribution in [3.63, 3.8) is 0 Å². The van der Waals surface area contributed by atoms with E-state index >= 15 is 0 Å². The van der Waals surface area contributed by atoms with Crippen LogP contribution in [0.5, 0.6) is 0 Å². The van der Waals surface area contributed by atoms with Crippen LogP contribution < -0.4 is 5.32 Å². The molecule has 0 aliphatic heterocycles. The number of carbonyl (C=O) groups excluding carboxylic acids is 1. The highest BCUT2D eigenvalue weighted by Gasteiger charge is 2.26. The molecule has 0 saturated heterocycles. The first kappa shape index (κ1) is 21.3. The van der Waals surface area contributed by atoms with Crippen molar-refractivity contribution in [1.29, 1.82) is 0 Å². The number of para-hydroxylation sites is 1. The van der Waals surface area contributed by atoms with Crippen molar-refractivity contribution in [2.24, 2.45) is 0 Å². The third-order valence-corrected chi connectivity index (χ3v) is 4.89. The summed E-state index contributed by atoms with van der Waals surface area (Å²) in [5, 5.41) is 8.18. The Morgan fingerprint density at radius 3 is 2.34 bits per heavy atom. The molecule has 0 saturated carbocycles. The molecular formula is C23H26BrN3O2. The molecule has 1 aromatic heterocycles. The predicted octanol–water partition coefficient (Wildman–Crippen LogP) is 5.37. The monoisotopic (exact) mass is 455 g/mol. The van der Waals surface area contributed by atoms with Crippen LogP contribution in [0.3, 0.4) is 0 Å². The summed E-state index contributed by atoms with van der Waals surface area (Å²) < 4.78 is 8.13. The highest BCUT2D eigenvalue weighted by Crippen LogP contribution is 2.31. The van der Waals surface area contributed by atoms with Crippen LogP contribution in [0.4, 0.5) is 0 Å². The maximum Gasteiger partial charge on any atom is 0.359 e. The highest BCUT2D eigenvalue weighted by atomic mass is 79.9. The summed E-state index contributed by atoms with van der Waals surface area (Å²) in [5.74, 6) is -0.411. The summed E-state index contributed by atoms with van der Waals surface area (Å²) in [4.78, 5) is 12.7. The van der Waals surface area contributed by atoms with Gasteiger partial charge in [-0.25, -0.2) is 9.48 Å². The fraction of sp³-hybridized carbons (Fsp3) is 0.304. The third kappa shape index (κ3) is 5.14. The van der Waals surface area contributed by atoms with E-state index in [1.807, 2.05) is 59.3 Å². The summed E-state index contributed by atoms with van der Waals surface area (Å²) in [6, 6.07) is 17.9. The van der Waals surface area contributed by atoms with Crippen molar-refractivity contribution >= 4 is 21.9 Å². The molecule has 0 amide bonds. The van der Waals surface area contributed by atoms with Crippen molar-refractivity contribution in [2.45, 2.75) is 39.8 Å². The number of ether oxygens (including phenoxy) is 1. The number of benzene rings is 2. The first-order valence-electron chi connectivity index (χ1n) is 9.65. The van der Waals surface area contributed by atoms with E-state index < -0.39 is 5.97 Å². The summed E-state index contributed by atoms with van der Waals surface area (Å²) >= 11 is 3.50. The van der Waals surface area contributed by atoms with Gasteiger partial charge in [-0.15, -0.1) is 0 Å². The van der Waals surface area contributed by atoms with Gasteiger partial charge in [0.05, 0.1) is 18.0 Å². The highest BCUT2D eigenvalue weighted by molar-refractivity contribution is 9.10. The van der Waals surface area contributed by atoms with Gasteiger partial charge in [-0.3, -0.25) is 0 Å². The minimum atomic E-state index is -0.411. The van der Waals surface area contributed by atoms with Crippen LogP contribution in [-0.4, -0.2) is 27.9 Å². The van der Waals surface area contributed by atoms with E-state index in [-0.39, 0.29) is 5.54 Å². The van der Waals surface area contributed by atoms with Crippen molar-refractivity contribution in [2.75, 3.05) is 6.61 Å². The average molecular weight is 456 g/mol. The van der Waals surface area contributed by atoms with Gasteiger partial charge in [0.25, 0.3) is 0 Å². The molecular weight excluding hydrogens is 430 g/mol. The van der Waals surface area contributed by atoms with Crippen molar-refractivity contribution < 1.29 is 9.53 Å². The lowest BCUT2D eigenvalue weighted by atomic mass is 10.0. The van der Waals surface area contributed by atoms with Gasteiger partial charge in [0.2, 0.25) is 0 Å². The largest absolute Gasteiger partial charge is 0.461 e. The number of halogens is 1. The van der Waals surface area contributed by atoms with E-state index in [1.54, 1.807) is 6.92 Å². The third-order valence-electron chi connectivity index (χ3n) is 4.37. The molecule has 6 heteroatoms. The molecule has 5 nitrogen and oxygen atoms in total. The first-order chi connectivity index (χ1) is 13.8. The summed E-state index contributed by atoms with van der Waals surface area (Å²) in [6.45, 7) is 8.88. The quantitative estimate of drug-likeness (QED) is 0.507. The Morgan fingerprint density at radius 2 is 1.76 bits per heavy atom. The zero-order valence-corrected chi connectivity index (χ0v) is 18.8. The molecule has 0 spiro atoms. The molecule has 3 rings (SSSR count). The zero-order valence-electron chi connectivity index (χ0n) is 17.2. The maximum atomic E-state index is 12.7. The molecule has 1 heterocycles. The Morgan fingerprint density at radius 1 is 1.10 bits per heavy atom. The molecule has 29 heavy (non-hydrogen) atoms. The van der Waals surface area contributed by atoms with Gasteiger partial charge >= 0.3 is 5.97 Å². The number of esters is 1. The van der Waals surface area contributed by atoms with Gasteiger partial charge in [0.1, 0.15) is 0 Å². The lowest BCUT2D eigenvalue weighted by Gasteiger charge is -2.21. The van der Waals surface area contributed by atoms with E-state index in [1.165, 1.54) is 0 Å². The number of hydrogen-bond donors (Lipinski definition) is 1. The van der Waals surface area contributed by atoms with Crippen LogP contribution >= 0.6 is 15.9 Å². The zero-order chi connectivity index (χ0) is 21.0. The van der Waals surface area contributed by atoms with Gasteiger partial charge in [0, 0.05) is 27.7 Å². The second-order valence-corrected chi connectivity index (χ2v) is 8.67. The number of rotatable bonds is 6. The average Bonchev–Trinajstić information content (AvgIpc) is 3.07. The van der Waals surface area contributed by atoms with Crippen LogP contribution in [0.15, 0.2) is 59.1 Å². The minimum Gasteiger partial charge on any atom is -0.461 e.